The summed E-state index contributed by atoms with van der Waals surface area (Å²) in [6.45, 7) is 9.23. The lowest BCUT2D eigenvalue weighted by molar-refractivity contribution is 0.287. The highest BCUT2D eigenvalue weighted by Gasteiger charge is 2.25. The van der Waals surface area contributed by atoms with Crippen LogP contribution in [0.15, 0.2) is 4.52 Å². The average molecular weight is 252 g/mol. The number of aromatic nitrogens is 2. The number of nitrogens with two attached hydrogens (primary N) is 1. The van der Waals surface area contributed by atoms with E-state index in [2.05, 4.69) is 35.8 Å². The van der Waals surface area contributed by atoms with E-state index >= 15 is 0 Å². The van der Waals surface area contributed by atoms with E-state index in [-0.39, 0.29) is 11.3 Å². The molecule has 2 N–H and O–H groups in total. The van der Waals surface area contributed by atoms with Crippen LogP contribution in [0.1, 0.15) is 51.8 Å². The van der Waals surface area contributed by atoms with Crippen molar-refractivity contribution in [2.75, 3.05) is 24.5 Å². The van der Waals surface area contributed by atoms with Crippen molar-refractivity contribution in [3.05, 3.63) is 5.89 Å². The molecule has 0 radical (unpaired) electrons. The molecular weight excluding hydrogens is 228 g/mol. The monoisotopic (exact) mass is 252 g/mol. The van der Waals surface area contributed by atoms with E-state index in [1.54, 1.807) is 0 Å². The second-order valence-corrected chi connectivity index (χ2v) is 6.32. The van der Waals surface area contributed by atoms with Crippen LogP contribution in [0.2, 0.25) is 0 Å². The normalized spacial score (nSPS) is 18.3. The van der Waals surface area contributed by atoms with Crippen molar-refractivity contribution >= 4 is 5.95 Å². The smallest absolute Gasteiger partial charge is 0.266 e. The Morgan fingerprint density at radius 1 is 1.33 bits per heavy atom. The third kappa shape index (κ3) is 3.22. The van der Waals surface area contributed by atoms with E-state index in [4.69, 9.17) is 10.3 Å². The van der Waals surface area contributed by atoms with Gasteiger partial charge in [-0.05, 0) is 29.8 Å². The molecule has 5 nitrogen and oxygen atoms in total. The van der Waals surface area contributed by atoms with Crippen LogP contribution in [0.4, 0.5) is 5.95 Å². The summed E-state index contributed by atoms with van der Waals surface area (Å²) >= 11 is 0. The van der Waals surface area contributed by atoms with E-state index in [9.17, 15) is 0 Å². The Hall–Kier alpha value is -1.10. The van der Waals surface area contributed by atoms with Crippen molar-refractivity contribution in [1.29, 1.82) is 0 Å². The lowest BCUT2D eigenvalue weighted by Gasteiger charge is -2.22. The maximum absolute atomic E-state index is 5.83. The summed E-state index contributed by atoms with van der Waals surface area (Å²) in [4.78, 5) is 6.69. The van der Waals surface area contributed by atoms with Crippen LogP contribution in [0.3, 0.4) is 0 Å². The maximum Gasteiger partial charge on any atom is 0.266 e. The molecule has 1 saturated heterocycles. The van der Waals surface area contributed by atoms with Crippen LogP contribution in [-0.4, -0.2) is 29.8 Å². The largest absolute Gasteiger partial charge is 0.338 e. The van der Waals surface area contributed by atoms with Crippen molar-refractivity contribution in [3.8, 4) is 0 Å². The van der Waals surface area contributed by atoms with Crippen LogP contribution in [0, 0.1) is 5.41 Å². The molecule has 1 aliphatic heterocycles. The van der Waals surface area contributed by atoms with Gasteiger partial charge in [-0.1, -0.05) is 20.8 Å². The minimum Gasteiger partial charge on any atom is -0.338 e. The molecule has 2 heterocycles. The van der Waals surface area contributed by atoms with Crippen LogP contribution in [0.5, 0.6) is 0 Å². The molecule has 1 aliphatic rings. The zero-order valence-electron chi connectivity index (χ0n) is 11.6. The molecular formula is C13H24N4O. The summed E-state index contributed by atoms with van der Waals surface area (Å²) < 4.78 is 5.39. The summed E-state index contributed by atoms with van der Waals surface area (Å²) in [6, 6.07) is 0. The Balaban J connectivity index is 2.07. The fraction of sp³-hybridized carbons (Fsp3) is 0.846. The van der Waals surface area contributed by atoms with E-state index in [0.29, 0.717) is 12.4 Å². The first-order valence-electron chi connectivity index (χ1n) is 6.78. The van der Waals surface area contributed by atoms with Gasteiger partial charge in [-0.25, -0.2) is 0 Å². The molecule has 1 aromatic heterocycles. The van der Waals surface area contributed by atoms with E-state index in [0.717, 1.165) is 25.5 Å². The van der Waals surface area contributed by atoms with Gasteiger partial charge in [0.25, 0.3) is 5.95 Å². The molecule has 1 atom stereocenters. The zero-order chi connectivity index (χ0) is 13.2. The van der Waals surface area contributed by atoms with Gasteiger partial charge in [-0.2, -0.15) is 4.98 Å². The van der Waals surface area contributed by atoms with Crippen molar-refractivity contribution in [2.45, 2.75) is 46.0 Å². The molecule has 102 valence electrons. The summed E-state index contributed by atoms with van der Waals surface area (Å²) in [5.74, 6) is 1.58. The van der Waals surface area contributed by atoms with Crippen LogP contribution >= 0.6 is 0 Å². The van der Waals surface area contributed by atoms with E-state index in [1.807, 2.05) is 0 Å². The van der Waals surface area contributed by atoms with Crippen LogP contribution in [0.25, 0.3) is 0 Å². The Bertz CT molecular complexity index is 377. The highest BCUT2D eigenvalue weighted by atomic mass is 16.5. The predicted octanol–water partition coefficient (Wildman–Crippen LogP) is 2.15. The average Bonchev–Trinajstić information content (AvgIpc) is 2.94. The van der Waals surface area contributed by atoms with Gasteiger partial charge in [-0.15, -0.1) is 0 Å². The second kappa shape index (κ2) is 5.26. The highest BCUT2D eigenvalue weighted by molar-refractivity contribution is 5.29. The zero-order valence-corrected chi connectivity index (χ0v) is 11.6. The molecule has 1 unspecified atom stereocenters. The van der Waals surface area contributed by atoms with Gasteiger partial charge >= 0.3 is 0 Å². The quantitative estimate of drug-likeness (QED) is 0.889. The summed E-state index contributed by atoms with van der Waals surface area (Å²) in [6.07, 6.45) is 3.39. The van der Waals surface area contributed by atoms with Crippen molar-refractivity contribution in [3.63, 3.8) is 0 Å². The van der Waals surface area contributed by atoms with E-state index < -0.39 is 0 Å². The Kier molecular flexibility index (Phi) is 3.90. The molecule has 0 spiro atoms. The topological polar surface area (TPSA) is 68.2 Å². The standard InChI is InChI=1S/C13H24N4O/c1-13(2,3)8-10(9-14)11-15-12(16-18-11)17-6-4-5-7-17/h10H,4-9,14H2,1-3H3. The minimum absolute atomic E-state index is 0.161. The highest BCUT2D eigenvalue weighted by Crippen LogP contribution is 2.30. The summed E-state index contributed by atoms with van der Waals surface area (Å²) in [5.41, 5.74) is 6.05. The maximum atomic E-state index is 5.83. The molecule has 5 heteroatoms. The van der Waals surface area contributed by atoms with E-state index in [1.165, 1.54) is 12.8 Å². The van der Waals surface area contributed by atoms with Crippen molar-refractivity contribution < 1.29 is 4.52 Å². The number of anilines is 1. The van der Waals surface area contributed by atoms with Gasteiger partial charge in [0, 0.05) is 19.6 Å². The summed E-state index contributed by atoms with van der Waals surface area (Å²) in [5, 5.41) is 4.08. The molecule has 1 aromatic rings. The SMILES string of the molecule is CC(C)(C)CC(CN)c1nc(N2CCCC2)no1. The molecule has 0 bridgehead atoms. The fourth-order valence-electron chi connectivity index (χ4n) is 2.45. The van der Waals surface area contributed by atoms with Gasteiger partial charge in [0.15, 0.2) is 0 Å². The van der Waals surface area contributed by atoms with Gasteiger partial charge in [0.1, 0.15) is 0 Å². The molecule has 1 fully saturated rings. The third-order valence-electron chi connectivity index (χ3n) is 3.31. The third-order valence-corrected chi connectivity index (χ3v) is 3.31. The Morgan fingerprint density at radius 3 is 2.56 bits per heavy atom. The van der Waals surface area contributed by atoms with Gasteiger partial charge in [0.05, 0.1) is 5.92 Å². The van der Waals surface area contributed by atoms with Gasteiger partial charge in [-0.3, -0.25) is 0 Å². The number of nitrogens with zero attached hydrogens (tertiary/aromatic N) is 3. The first kappa shape index (κ1) is 13.3. The van der Waals surface area contributed by atoms with Crippen molar-refractivity contribution in [1.82, 2.24) is 10.1 Å². The van der Waals surface area contributed by atoms with Gasteiger partial charge in [0.2, 0.25) is 5.89 Å². The first-order chi connectivity index (χ1) is 8.49. The predicted molar refractivity (Wildman–Crippen MR) is 71.6 cm³/mol. The fourth-order valence-corrected chi connectivity index (χ4v) is 2.45. The molecule has 0 amide bonds. The molecule has 18 heavy (non-hydrogen) atoms. The second-order valence-electron chi connectivity index (χ2n) is 6.32. The lowest BCUT2D eigenvalue weighted by atomic mass is 9.84. The van der Waals surface area contributed by atoms with Crippen LogP contribution < -0.4 is 10.6 Å². The number of hydrogen-bond acceptors (Lipinski definition) is 5. The summed E-state index contributed by atoms with van der Waals surface area (Å²) in [7, 11) is 0. The lowest BCUT2D eigenvalue weighted by Crippen LogP contribution is -2.21. The van der Waals surface area contributed by atoms with Crippen LogP contribution in [-0.2, 0) is 0 Å². The molecule has 0 saturated carbocycles. The number of rotatable bonds is 4. The molecule has 0 aliphatic carbocycles. The Labute approximate surface area is 109 Å². The minimum atomic E-state index is 0.161. The van der Waals surface area contributed by atoms with Gasteiger partial charge < -0.3 is 15.2 Å². The van der Waals surface area contributed by atoms with Crippen molar-refractivity contribution in [2.24, 2.45) is 11.1 Å². The Morgan fingerprint density at radius 2 is 2.00 bits per heavy atom. The first-order valence-corrected chi connectivity index (χ1v) is 6.78. The number of hydrogen-bond donors (Lipinski definition) is 1. The molecule has 0 aromatic carbocycles. The molecule has 2 rings (SSSR count).